The second-order valence-corrected chi connectivity index (χ2v) is 8.57. The van der Waals surface area contributed by atoms with Crippen molar-refractivity contribution in [3.8, 4) is 0 Å². The quantitative estimate of drug-likeness (QED) is 0.807. The van der Waals surface area contributed by atoms with Gasteiger partial charge in [-0.25, -0.2) is 4.68 Å². The summed E-state index contributed by atoms with van der Waals surface area (Å²) in [4.78, 5) is 14.7. The number of hydrogen-bond acceptors (Lipinski definition) is 3. The molecular weight excluding hydrogens is 393 g/mol. The van der Waals surface area contributed by atoms with Gasteiger partial charge in [0.05, 0.1) is 12.1 Å². The molecule has 2 aromatic rings. The van der Waals surface area contributed by atoms with Gasteiger partial charge in [-0.3, -0.25) is 4.79 Å². The third-order valence-corrected chi connectivity index (χ3v) is 6.16. The Hall–Kier alpha value is -2.51. The molecule has 0 aliphatic carbocycles. The standard InChI is InChI=1S/C22H27F3N4O/c1-14-5-3-6-16(9-14)11-21(30)28-8-4-7-17(13-28)18-12-19(22(23,24)25)29-20(26-18)10-15(2)27-29/h3,5-6,9-10,17-19,26H,4,7-8,11-13H2,1-2H3/t17?,18-,19+/m0/s1. The number of carbonyl (C=O) groups is 1. The highest BCUT2D eigenvalue weighted by molar-refractivity contribution is 5.79. The summed E-state index contributed by atoms with van der Waals surface area (Å²) in [5, 5.41) is 7.31. The lowest BCUT2D eigenvalue weighted by atomic mass is 9.85. The molecule has 0 spiro atoms. The van der Waals surface area contributed by atoms with Crippen LogP contribution in [0.15, 0.2) is 30.3 Å². The molecule has 3 atom stereocenters. The molecule has 30 heavy (non-hydrogen) atoms. The Labute approximate surface area is 174 Å². The van der Waals surface area contributed by atoms with Crippen LogP contribution in [0, 0.1) is 19.8 Å². The van der Waals surface area contributed by atoms with E-state index in [0.717, 1.165) is 28.7 Å². The lowest BCUT2D eigenvalue weighted by Crippen LogP contribution is -2.49. The summed E-state index contributed by atoms with van der Waals surface area (Å²) >= 11 is 0. The topological polar surface area (TPSA) is 50.2 Å². The van der Waals surface area contributed by atoms with E-state index >= 15 is 0 Å². The van der Waals surface area contributed by atoms with Crippen molar-refractivity contribution in [3.63, 3.8) is 0 Å². The number of fused-ring (bicyclic) bond motifs is 1. The van der Waals surface area contributed by atoms with E-state index in [4.69, 9.17) is 0 Å². The highest BCUT2D eigenvalue weighted by Crippen LogP contribution is 2.42. The third-order valence-electron chi connectivity index (χ3n) is 6.16. The van der Waals surface area contributed by atoms with Crippen LogP contribution in [-0.4, -0.2) is 45.9 Å². The summed E-state index contributed by atoms with van der Waals surface area (Å²) in [6, 6.07) is 7.55. The van der Waals surface area contributed by atoms with Crippen molar-refractivity contribution in [1.29, 1.82) is 0 Å². The first-order chi connectivity index (χ1) is 14.2. The minimum absolute atomic E-state index is 0.0194. The van der Waals surface area contributed by atoms with Crippen LogP contribution in [-0.2, 0) is 11.2 Å². The van der Waals surface area contributed by atoms with Crippen molar-refractivity contribution in [2.24, 2.45) is 5.92 Å². The van der Waals surface area contributed by atoms with Crippen molar-refractivity contribution < 1.29 is 18.0 Å². The highest BCUT2D eigenvalue weighted by atomic mass is 19.4. The lowest BCUT2D eigenvalue weighted by Gasteiger charge is -2.41. The number of anilines is 1. The number of aryl methyl sites for hydroxylation is 2. The van der Waals surface area contributed by atoms with Crippen molar-refractivity contribution >= 4 is 11.7 Å². The van der Waals surface area contributed by atoms with Crippen LogP contribution in [0.1, 0.15) is 42.1 Å². The van der Waals surface area contributed by atoms with Crippen molar-refractivity contribution in [1.82, 2.24) is 14.7 Å². The largest absolute Gasteiger partial charge is 0.410 e. The molecule has 1 amide bonds. The van der Waals surface area contributed by atoms with Gasteiger partial charge in [0.15, 0.2) is 6.04 Å². The molecule has 5 nitrogen and oxygen atoms in total. The molecule has 8 heteroatoms. The molecule has 0 bridgehead atoms. The van der Waals surface area contributed by atoms with Gasteiger partial charge in [-0.15, -0.1) is 0 Å². The summed E-state index contributed by atoms with van der Waals surface area (Å²) in [5.74, 6) is 0.428. The number of nitrogens with zero attached hydrogens (tertiary/aromatic N) is 3. The molecule has 1 unspecified atom stereocenters. The number of hydrogen-bond donors (Lipinski definition) is 1. The number of halogens is 3. The molecule has 2 aliphatic rings. The van der Waals surface area contributed by atoms with Crippen LogP contribution >= 0.6 is 0 Å². The molecule has 1 aromatic heterocycles. The van der Waals surface area contributed by atoms with Crippen LogP contribution in [0.25, 0.3) is 0 Å². The zero-order valence-corrected chi connectivity index (χ0v) is 17.2. The number of rotatable bonds is 3. The van der Waals surface area contributed by atoms with Crippen LogP contribution < -0.4 is 5.32 Å². The lowest BCUT2D eigenvalue weighted by molar-refractivity contribution is -0.175. The molecule has 2 aliphatic heterocycles. The first-order valence-electron chi connectivity index (χ1n) is 10.4. The monoisotopic (exact) mass is 420 g/mol. The van der Waals surface area contributed by atoms with E-state index in [1.165, 1.54) is 0 Å². The van der Waals surface area contributed by atoms with E-state index in [9.17, 15) is 18.0 Å². The zero-order valence-electron chi connectivity index (χ0n) is 17.2. The zero-order chi connectivity index (χ0) is 21.5. The fourth-order valence-corrected chi connectivity index (χ4v) is 4.71. The summed E-state index contributed by atoms with van der Waals surface area (Å²) in [5.41, 5.74) is 2.63. The average Bonchev–Trinajstić information content (AvgIpc) is 3.06. The SMILES string of the molecule is Cc1cccc(CC(=O)N2CCCC([C@@H]3C[C@H](C(F)(F)F)n4nc(C)cc4N3)C2)c1. The normalized spacial score (nSPS) is 24.3. The Bertz CT molecular complexity index is 923. The van der Waals surface area contributed by atoms with Gasteiger partial charge in [0.25, 0.3) is 0 Å². The Morgan fingerprint density at radius 1 is 1.27 bits per heavy atom. The fourth-order valence-electron chi connectivity index (χ4n) is 4.71. The Balaban J connectivity index is 1.47. The Morgan fingerprint density at radius 2 is 2.07 bits per heavy atom. The molecule has 1 aromatic carbocycles. The summed E-state index contributed by atoms with van der Waals surface area (Å²) < 4.78 is 42.2. The van der Waals surface area contributed by atoms with E-state index in [2.05, 4.69) is 10.4 Å². The molecule has 0 saturated carbocycles. The number of carbonyl (C=O) groups excluding carboxylic acids is 1. The predicted octanol–water partition coefficient (Wildman–Crippen LogP) is 4.27. The van der Waals surface area contributed by atoms with E-state index in [0.29, 0.717) is 31.0 Å². The number of alkyl halides is 3. The second-order valence-electron chi connectivity index (χ2n) is 8.57. The molecule has 162 valence electrons. The molecule has 0 radical (unpaired) electrons. The number of likely N-dealkylation sites (tertiary alicyclic amines) is 1. The average molecular weight is 420 g/mol. The maximum absolute atomic E-state index is 13.7. The van der Waals surface area contributed by atoms with Gasteiger partial charge in [-0.1, -0.05) is 29.8 Å². The molecule has 1 fully saturated rings. The van der Waals surface area contributed by atoms with Gasteiger partial charge >= 0.3 is 6.18 Å². The number of benzene rings is 1. The maximum atomic E-state index is 13.7. The number of aromatic nitrogens is 2. The summed E-state index contributed by atoms with van der Waals surface area (Å²) in [6.07, 6.45) is -2.49. The van der Waals surface area contributed by atoms with Crippen LogP contribution in [0.2, 0.25) is 0 Å². The molecule has 3 heterocycles. The smallest absolute Gasteiger partial charge is 0.367 e. The fraction of sp³-hybridized carbons (Fsp3) is 0.545. The van der Waals surface area contributed by atoms with Gasteiger partial charge in [0.2, 0.25) is 5.91 Å². The number of nitrogens with one attached hydrogen (secondary N) is 1. The Kier molecular flexibility index (Phi) is 5.51. The van der Waals surface area contributed by atoms with Crippen LogP contribution in [0.5, 0.6) is 0 Å². The molecular formula is C22H27F3N4O. The van der Waals surface area contributed by atoms with E-state index in [1.807, 2.05) is 36.1 Å². The minimum atomic E-state index is -4.36. The number of piperidine rings is 1. The van der Waals surface area contributed by atoms with E-state index in [-0.39, 0.29) is 24.3 Å². The predicted molar refractivity (Wildman–Crippen MR) is 108 cm³/mol. The Morgan fingerprint density at radius 3 is 2.80 bits per heavy atom. The first-order valence-corrected chi connectivity index (χ1v) is 10.4. The van der Waals surface area contributed by atoms with Crippen LogP contribution in [0.3, 0.4) is 0 Å². The van der Waals surface area contributed by atoms with Crippen LogP contribution in [0.4, 0.5) is 19.0 Å². The van der Waals surface area contributed by atoms with Crippen molar-refractivity contribution in [2.75, 3.05) is 18.4 Å². The molecule has 4 rings (SSSR count). The third kappa shape index (κ3) is 4.32. The summed E-state index contributed by atoms with van der Waals surface area (Å²) in [6.45, 7) is 4.83. The maximum Gasteiger partial charge on any atom is 0.410 e. The number of amides is 1. The highest BCUT2D eigenvalue weighted by Gasteiger charge is 2.47. The second kappa shape index (κ2) is 7.96. The van der Waals surface area contributed by atoms with E-state index in [1.54, 1.807) is 13.0 Å². The van der Waals surface area contributed by atoms with Gasteiger partial charge < -0.3 is 10.2 Å². The summed E-state index contributed by atoms with van der Waals surface area (Å²) in [7, 11) is 0. The van der Waals surface area contributed by atoms with Crippen molar-refractivity contribution in [3.05, 3.63) is 47.2 Å². The van der Waals surface area contributed by atoms with Crippen molar-refractivity contribution in [2.45, 2.75) is 57.8 Å². The van der Waals surface area contributed by atoms with Gasteiger partial charge in [-0.2, -0.15) is 18.3 Å². The van der Waals surface area contributed by atoms with E-state index < -0.39 is 12.2 Å². The van der Waals surface area contributed by atoms with Gasteiger partial charge in [0, 0.05) is 25.2 Å². The molecule has 1 saturated heterocycles. The molecule has 1 N–H and O–H groups in total. The minimum Gasteiger partial charge on any atom is -0.367 e. The van der Waals surface area contributed by atoms with Gasteiger partial charge in [-0.05, 0) is 44.6 Å². The van der Waals surface area contributed by atoms with Gasteiger partial charge in [0.1, 0.15) is 5.82 Å². The first kappa shape index (κ1) is 20.8.